The molecule has 21 heavy (non-hydrogen) atoms. The molecule has 0 spiro atoms. The summed E-state index contributed by atoms with van der Waals surface area (Å²) in [7, 11) is 0. The number of hydrogen-bond acceptors (Lipinski definition) is 4. The van der Waals surface area contributed by atoms with E-state index >= 15 is 0 Å². The zero-order chi connectivity index (χ0) is 15.4. The number of β-amino-alcohol motifs (C(OH)–C–C–N with tert-alkyl or cyclic N) is 1. The second kappa shape index (κ2) is 7.20. The fourth-order valence-electron chi connectivity index (χ4n) is 2.12. The highest BCUT2D eigenvalue weighted by molar-refractivity contribution is 9.10. The van der Waals surface area contributed by atoms with E-state index in [4.69, 9.17) is 4.74 Å². The molecule has 3 unspecified atom stereocenters. The van der Waals surface area contributed by atoms with Crippen LogP contribution < -0.4 is 15.4 Å². The van der Waals surface area contributed by atoms with Gasteiger partial charge in [-0.1, -0.05) is 0 Å². The van der Waals surface area contributed by atoms with E-state index in [1.54, 1.807) is 6.92 Å². The maximum absolute atomic E-state index is 13.0. The van der Waals surface area contributed by atoms with Crippen LogP contribution in [-0.4, -0.2) is 42.9 Å². The molecule has 1 aliphatic rings. The number of rotatable bonds is 5. The zero-order valence-corrected chi connectivity index (χ0v) is 13.2. The highest BCUT2D eigenvalue weighted by atomic mass is 79.9. The van der Waals surface area contributed by atoms with Crippen molar-refractivity contribution in [3.05, 3.63) is 28.5 Å². The normalized spacial score (nSPS) is 22.9. The van der Waals surface area contributed by atoms with Crippen LogP contribution in [0.15, 0.2) is 22.7 Å². The van der Waals surface area contributed by atoms with Gasteiger partial charge < -0.3 is 20.5 Å². The maximum atomic E-state index is 13.0. The van der Waals surface area contributed by atoms with Gasteiger partial charge in [-0.3, -0.25) is 4.79 Å². The van der Waals surface area contributed by atoms with Crippen molar-refractivity contribution in [3.8, 4) is 5.75 Å². The van der Waals surface area contributed by atoms with Gasteiger partial charge in [-0.2, -0.15) is 0 Å². The summed E-state index contributed by atoms with van der Waals surface area (Å²) in [4.78, 5) is 12.0. The Morgan fingerprint density at radius 1 is 1.62 bits per heavy atom. The summed E-state index contributed by atoms with van der Waals surface area (Å²) < 4.78 is 18.9. The summed E-state index contributed by atoms with van der Waals surface area (Å²) in [5.74, 6) is -0.236. The van der Waals surface area contributed by atoms with Crippen molar-refractivity contribution in [1.29, 1.82) is 0 Å². The van der Waals surface area contributed by atoms with Crippen molar-refractivity contribution in [2.75, 3.05) is 19.6 Å². The number of carbonyl (C=O) groups is 1. The van der Waals surface area contributed by atoms with Crippen LogP contribution in [0.4, 0.5) is 4.39 Å². The molecule has 0 aliphatic carbocycles. The Hall–Kier alpha value is -1.18. The molecule has 1 fully saturated rings. The van der Waals surface area contributed by atoms with E-state index < -0.39 is 12.2 Å². The lowest BCUT2D eigenvalue weighted by Crippen LogP contribution is -2.41. The molecule has 3 atom stereocenters. The van der Waals surface area contributed by atoms with Crippen LogP contribution in [0.3, 0.4) is 0 Å². The fraction of sp³-hybridized carbons (Fsp3) is 0.500. The smallest absolute Gasteiger partial charge is 0.260 e. The lowest BCUT2D eigenvalue weighted by Gasteiger charge is -2.18. The summed E-state index contributed by atoms with van der Waals surface area (Å²) >= 11 is 3.19. The third kappa shape index (κ3) is 4.39. The average molecular weight is 361 g/mol. The summed E-state index contributed by atoms with van der Waals surface area (Å²) in [6.07, 6.45) is -1.15. The molecule has 1 aliphatic heterocycles. The molecule has 0 saturated carbocycles. The molecule has 0 bridgehead atoms. The van der Waals surface area contributed by atoms with Gasteiger partial charge in [0.25, 0.3) is 5.91 Å². The van der Waals surface area contributed by atoms with Crippen molar-refractivity contribution in [3.63, 3.8) is 0 Å². The Bertz CT molecular complexity index is 515. The quantitative estimate of drug-likeness (QED) is 0.734. The van der Waals surface area contributed by atoms with Crippen molar-refractivity contribution < 1.29 is 19.0 Å². The number of aliphatic hydroxyl groups excluding tert-OH is 1. The fourth-order valence-corrected chi connectivity index (χ4v) is 2.56. The monoisotopic (exact) mass is 360 g/mol. The van der Waals surface area contributed by atoms with Crippen molar-refractivity contribution in [2.24, 2.45) is 5.92 Å². The highest BCUT2D eigenvalue weighted by Gasteiger charge is 2.26. The van der Waals surface area contributed by atoms with E-state index in [0.717, 1.165) is 0 Å². The number of carbonyl (C=O) groups excluding carboxylic acids is 1. The number of halogens is 2. The predicted octanol–water partition coefficient (Wildman–Crippen LogP) is 1.05. The zero-order valence-electron chi connectivity index (χ0n) is 11.6. The second-order valence-corrected chi connectivity index (χ2v) is 5.92. The highest BCUT2D eigenvalue weighted by Crippen LogP contribution is 2.26. The Morgan fingerprint density at radius 2 is 2.38 bits per heavy atom. The maximum Gasteiger partial charge on any atom is 0.260 e. The summed E-state index contributed by atoms with van der Waals surface area (Å²) in [5.41, 5.74) is 0. The van der Waals surface area contributed by atoms with E-state index in [2.05, 4.69) is 26.6 Å². The first-order valence-corrected chi connectivity index (χ1v) is 7.55. The van der Waals surface area contributed by atoms with Gasteiger partial charge in [-0.15, -0.1) is 0 Å². The SMILES string of the molecule is CC(Oc1ccc(F)cc1Br)C(=O)NCC1CNCC1O. The molecular weight excluding hydrogens is 343 g/mol. The molecule has 0 aromatic heterocycles. The number of benzene rings is 1. The van der Waals surface area contributed by atoms with Crippen LogP contribution in [-0.2, 0) is 4.79 Å². The number of ether oxygens (including phenoxy) is 1. The topological polar surface area (TPSA) is 70.6 Å². The molecule has 1 aromatic rings. The molecule has 2 rings (SSSR count). The molecule has 0 radical (unpaired) electrons. The Labute approximate surface area is 131 Å². The number of amides is 1. The minimum Gasteiger partial charge on any atom is -0.480 e. The molecule has 1 aromatic carbocycles. The molecule has 1 amide bonds. The van der Waals surface area contributed by atoms with Crippen molar-refractivity contribution >= 4 is 21.8 Å². The molecule has 116 valence electrons. The minimum atomic E-state index is -0.710. The van der Waals surface area contributed by atoms with Crippen LogP contribution >= 0.6 is 15.9 Å². The van der Waals surface area contributed by atoms with Crippen molar-refractivity contribution in [1.82, 2.24) is 10.6 Å². The first-order valence-electron chi connectivity index (χ1n) is 6.75. The average Bonchev–Trinajstić information content (AvgIpc) is 2.84. The van der Waals surface area contributed by atoms with Gasteiger partial charge in [0.1, 0.15) is 11.6 Å². The van der Waals surface area contributed by atoms with Gasteiger partial charge >= 0.3 is 0 Å². The van der Waals surface area contributed by atoms with Gasteiger partial charge in [0.2, 0.25) is 0 Å². The molecule has 5 nitrogen and oxygen atoms in total. The van der Waals surface area contributed by atoms with Gasteiger partial charge in [-0.05, 0) is 41.1 Å². The van der Waals surface area contributed by atoms with Gasteiger partial charge in [0.15, 0.2) is 6.10 Å². The lowest BCUT2D eigenvalue weighted by molar-refractivity contribution is -0.127. The summed E-state index contributed by atoms with van der Waals surface area (Å²) in [5, 5.41) is 15.5. The van der Waals surface area contributed by atoms with Crippen LogP contribution in [0.1, 0.15) is 6.92 Å². The first-order chi connectivity index (χ1) is 9.97. The second-order valence-electron chi connectivity index (χ2n) is 5.07. The van der Waals surface area contributed by atoms with Gasteiger partial charge in [-0.25, -0.2) is 4.39 Å². The van der Waals surface area contributed by atoms with Crippen LogP contribution in [0.2, 0.25) is 0 Å². The van der Waals surface area contributed by atoms with Crippen LogP contribution in [0, 0.1) is 11.7 Å². The largest absolute Gasteiger partial charge is 0.480 e. The molecule has 1 heterocycles. The van der Waals surface area contributed by atoms with E-state index in [-0.39, 0.29) is 17.6 Å². The Balaban J connectivity index is 1.84. The molecule has 1 saturated heterocycles. The van der Waals surface area contributed by atoms with Gasteiger partial charge in [0.05, 0.1) is 10.6 Å². The van der Waals surface area contributed by atoms with Crippen LogP contribution in [0.5, 0.6) is 5.75 Å². The van der Waals surface area contributed by atoms with E-state index in [0.29, 0.717) is 29.9 Å². The van der Waals surface area contributed by atoms with Crippen molar-refractivity contribution in [2.45, 2.75) is 19.1 Å². The third-order valence-corrected chi connectivity index (χ3v) is 4.03. The first kappa shape index (κ1) is 16.2. The standard InChI is InChI=1S/C14H18BrFN2O3/c1-8(21-13-3-2-10(16)4-11(13)15)14(20)18-6-9-5-17-7-12(9)19/h2-4,8-9,12,17,19H,5-7H2,1H3,(H,18,20). The van der Waals surface area contributed by atoms with Crippen LogP contribution in [0.25, 0.3) is 0 Å². The number of hydrogen-bond donors (Lipinski definition) is 3. The number of aliphatic hydroxyl groups is 1. The van der Waals surface area contributed by atoms with E-state index in [1.165, 1.54) is 18.2 Å². The molecular formula is C14H18BrFN2O3. The summed E-state index contributed by atoms with van der Waals surface area (Å²) in [6.45, 7) is 3.25. The molecule has 7 heteroatoms. The third-order valence-electron chi connectivity index (χ3n) is 3.41. The summed E-state index contributed by atoms with van der Waals surface area (Å²) in [6, 6.07) is 4.01. The lowest BCUT2D eigenvalue weighted by atomic mass is 10.1. The van der Waals surface area contributed by atoms with E-state index in [9.17, 15) is 14.3 Å². The van der Waals surface area contributed by atoms with E-state index in [1.807, 2.05) is 0 Å². The van der Waals surface area contributed by atoms with Gasteiger partial charge in [0, 0.05) is 25.6 Å². The Morgan fingerprint density at radius 3 is 3.00 bits per heavy atom. The number of nitrogens with one attached hydrogen (secondary N) is 2. The predicted molar refractivity (Wildman–Crippen MR) is 79.6 cm³/mol. The Kier molecular flexibility index (Phi) is 5.55. The molecule has 3 N–H and O–H groups in total. The minimum absolute atomic E-state index is 0.0127.